The number of carbonyl (C=O) groups is 2. The fourth-order valence-electron chi connectivity index (χ4n) is 0.605. The van der Waals surface area contributed by atoms with Crippen molar-refractivity contribution in [2.75, 3.05) is 6.54 Å². The molecule has 3 amide bonds. The van der Waals surface area contributed by atoms with Gasteiger partial charge in [0.1, 0.15) is 6.04 Å². The molecular weight excluding hydrogens is 158 g/mol. The van der Waals surface area contributed by atoms with E-state index in [0.29, 0.717) is 6.54 Å². The lowest BCUT2D eigenvalue weighted by Crippen LogP contribution is -2.46. The van der Waals surface area contributed by atoms with Crippen LogP contribution in [-0.4, -0.2) is 24.5 Å². The zero-order chi connectivity index (χ0) is 9.56. The third-order valence-electron chi connectivity index (χ3n) is 1.17. The number of amides is 3. The van der Waals surface area contributed by atoms with Crippen LogP contribution in [0.2, 0.25) is 0 Å². The molecule has 0 bridgehead atoms. The summed E-state index contributed by atoms with van der Waals surface area (Å²) in [7, 11) is 0. The van der Waals surface area contributed by atoms with Crippen molar-refractivity contribution in [2.45, 2.75) is 13.0 Å². The summed E-state index contributed by atoms with van der Waals surface area (Å²) in [6.07, 6.45) is 1.55. The molecule has 1 unspecified atom stereocenters. The number of hydrogen-bond acceptors (Lipinski definition) is 2. The first kappa shape index (κ1) is 10.5. The second-order valence-corrected chi connectivity index (χ2v) is 2.26. The molecule has 1 atom stereocenters. The van der Waals surface area contributed by atoms with Gasteiger partial charge in [-0.15, -0.1) is 6.58 Å². The fraction of sp³-hybridized carbons (Fsp3) is 0.429. The van der Waals surface area contributed by atoms with E-state index < -0.39 is 12.1 Å². The first-order chi connectivity index (χ1) is 5.57. The Morgan fingerprint density at radius 2 is 2.25 bits per heavy atom. The lowest BCUT2D eigenvalue weighted by Gasteiger charge is -2.10. The van der Waals surface area contributed by atoms with Gasteiger partial charge in [0.2, 0.25) is 5.91 Å². The van der Waals surface area contributed by atoms with E-state index in [0.717, 1.165) is 0 Å². The van der Waals surface area contributed by atoms with Crippen LogP contribution in [-0.2, 0) is 4.79 Å². The summed E-state index contributed by atoms with van der Waals surface area (Å²) in [6, 6.07) is -1.32. The number of rotatable bonds is 4. The summed E-state index contributed by atoms with van der Waals surface area (Å²) < 4.78 is 0. The lowest BCUT2D eigenvalue weighted by atomic mass is 10.3. The SMILES string of the molecule is C=CCNC(=O)C(C)NC(N)=O. The molecule has 12 heavy (non-hydrogen) atoms. The first-order valence-corrected chi connectivity index (χ1v) is 3.52. The Labute approximate surface area is 71.0 Å². The van der Waals surface area contributed by atoms with Crippen LogP contribution in [0.1, 0.15) is 6.92 Å². The first-order valence-electron chi connectivity index (χ1n) is 3.52. The zero-order valence-electron chi connectivity index (χ0n) is 6.96. The molecule has 0 aliphatic rings. The van der Waals surface area contributed by atoms with Crippen LogP contribution in [0.4, 0.5) is 4.79 Å². The van der Waals surface area contributed by atoms with Crippen molar-refractivity contribution < 1.29 is 9.59 Å². The maximum absolute atomic E-state index is 11.0. The average Bonchev–Trinajstić information content (AvgIpc) is 1.98. The van der Waals surface area contributed by atoms with Crippen LogP contribution in [0.3, 0.4) is 0 Å². The summed E-state index contributed by atoms with van der Waals surface area (Å²) in [5.74, 6) is -0.284. The van der Waals surface area contributed by atoms with E-state index in [9.17, 15) is 9.59 Å². The molecular formula is C7H13N3O2. The Balaban J connectivity index is 3.76. The van der Waals surface area contributed by atoms with Crippen LogP contribution < -0.4 is 16.4 Å². The molecule has 0 aromatic rings. The Kier molecular flexibility index (Phi) is 4.52. The van der Waals surface area contributed by atoms with Crippen molar-refractivity contribution in [3.05, 3.63) is 12.7 Å². The Hall–Kier alpha value is -1.52. The molecule has 5 heteroatoms. The number of nitrogens with two attached hydrogens (primary N) is 1. The largest absolute Gasteiger partial charge is 0.352 e. The quantitative estimate of drug-likeness (QED) is 0.491. The summed E-state index contributed by atoms with van der Waals surface area (Å²) in [5, 5.41) is 4.75. The van der Waals surface area contributed by atoms with E-state index in [1.807, 2.05) is 0 Å². The van der Waals surface area contributed by atoms with Crippen molar-refractivity contribution in [3.8, 4) is 0 Å². The highest BCUT2D eigenvalue weighted by atomic mass is 16.2. The summed E-state index contributed by atoms with van der Waals surface area (Å²) in [5.41, 5.74) is 4.81. The van der Waals surface area contributed by atoms with Gasteiger partial charge in [0.15, 0.2) is 0 Å². The molecule has 0 aliphatic heterocycles. The molecule has 0 saturated heterocycles. The predicted molar refractivity (Wildman–Crippen MR) is 45.4 cm³/mol. The van der Waals surface area contributed by atoms with Crippen molar-refractivity contribution in [1.29, 1.82) is 0 Å². The lowest BCUT2D eigenvalue weighted by molar-refractivity contribution is -0.122. The van der Waals surface area contributed by atoms with Crippen LogP contribution in [0.25, 0.3) is 0 Å². The van der Waals surface area contributed by atoms with Crippen molar-refractivity contribution >= 4 is 11.9 Å². The van der Waals surface area contributed by atoms with Crippen molar-refractivity contribution in [1.82, 2.24) is 10.6 Å². The minimum Gasteiger partial charge on any atom is -0.352 e. The van der Waals surface area contributed by atoms with Gasteiger partial charge in [-0.25, -0.2) is 4.79 Å². The van der Waals surface area contributed by atoms with Gasteiger partial charge in [0.25, 0.3) is 0 Å². The highest BCUT2D eigenvalue weighted by molar-refractivity contribution is 5.86. The standard InChI is InChI=1S/C7H13N3O2/c1-3-4-9-6(11)5(2)10-7(8)12/h3,5H,1,4H2,2H3,(H,9,11)(H3,8,10,12). The monoisotopic (exact) mass is 171 g/mol. The van der Waals surface area contributed by atoms with Gasteiger partial charge in [-0.1, -0.05) is 6.08 Å². The van der Waals surface area contributed by atoms with Crippen molar-refractivity contribution in [3.63, 3.8) is 0 Å². The number of carbonyl (C=O) groups excluding carboxylic acids is 2. The molecule has 0 heterocycles. The molecule has 0 radical (unpaired) electrons. The third-order valence-corrected chi connectivity index (χ3v) is 1.17. The predicted octanol–water partition coefficient (Wildman–Crippen LogP) is -0.655. The smallest absolute Gasteiger partial charge is 0.312 e. The maximum atomic E-state index is 11.0. The molecule has 0 saturated carbocycles. The minimum absolute atomic E-state index is 0.284. The second kappa shape index (κ2) is 5.17. The Bertz CT molecular complexity index is 191. The van der Waals surface area contributed by atoms with E-state index in [1.165, 1.54) is 0 Å². The Morgan fingerprint density at radius 3 is 2.67 bits per heavy atom. The highest BCUT2D eigenvalue weighted by Crippen LogP contribution is 1.80. The van der Waals surface area contributed by atoms with Gasteiger partial charge in [-0.2, -0.15) is 0 Å². The fourth-order valence-corrected chi connectivity index (χ4v) is 0.605. The van der Waals surface area contributed by atoms with Crippen LogP contribution in [0.5, 0.6) is 0 Å². The number of urea groups is 1. The third kappa shape index (κ3) is 4.32. The molecule has 0 fully saturated rings. The van der Waals surface area contributed by atoms with Gasteiger partial charge >= 0.3 is 6.03 Å². The molecule has 0 aliphatic carbocycles. The summed E-state index contributed by atoms with van der Waals surface area (Å²) in [6.45, 7) is 5.35. The topological polar surface area (TPSA) is 84.2 Å². The number of nitrogens with one attached hydrogen (secondary N) is 2. The molecule has 0 rings (SSSR count). The van der Waals surface area contributed by atoms with Gasteiger partial charge in [-0.3, -0.25) is 4.79 Å². The van der Waals surface area contributed by atoms with Gasteiger partial charge in [0.05, 0.1) is 0 Å². The molecule has 0 aromatic carbocycles. The normalized spacial score (nSPS) is 11.4. The van der Waals surface area contributed by atoms with Crippen LogP contribution in [0.15, 0.2) is 12.7 Å². The molecule has 0 spiro atoms. The van der Waals surface area contributed by atoms with Gasteiger partial charge < -0.3 is 16.4 Å². The van der Waals surface area contributed by atoms with E-state index in [2.05, 4.69) is 17.2 Å². The van der Waals surface area contributed by atoms with E-state index in [-0.39, 0.29) is 5.91 Å². The zero-order valence-corrected chi connectivity index (χ0v) is 6.96. The van der Waals surface area contributed by atoms with Gasteiger partial charge in [0, 0.05) is 6.54 Å². The molecule has 4 N–H and O–H groups in total. The van der Waals surface area contributed by atoms with Crippen LogP contribution >= 0.6 is 0 Å². The van der Waals surface area contributed by atoms with Crippen molar-refractivity contribution in [2.24, 2.45) is 5.73 Å². The van der Waals surface area contributed by atoms with E-state index in [4.69, 9.17) is 5.73 Å². The molecule has 0 aromatic heterocycles. The molecule has 68 valence electrons. The summed E-state index contributed by atoms with van der Waals surface area (Å²) in [4.78, 5) is 21.3. The highest BCUT2D eigenvalue weighted by Gasteiger charge is 2.11. The second-order valence-electron chi connectivity index (χ2n) is 2.26. The maximum Gasteiger partial charge on any atom is 0.312 e. The minimum atomic E-state index is -0.712. The molecule has 5 nitrogen and oxygen atoms in total. The Morgan fingerprint density at radius 1 is 1.67 bits per heavy atom. The number of hydrogen-bond donors (Lipinski definition) is 3. The van der Waals surface area contributed by atoms with E-state index >= 15 is 0 Å². The van der Waals surface area contributed by atoms with Gasteiger partial charge in [-0.05, 0) is 6.92 Å². The summed E-state index contributed by atoms with van der Waals surface area (Å²) >= 11 is 0. The van der Waals surface area contributed by atoms with Crippen LogP contribution in [0, 0.1) is 0 Å². The van der Waals surface area contributed by atoms with E-state index in [1.54, 1.807) is 13.0 Å². The average molecular weight is 171 g/mol. The number of primary amides is 1.